The highest BCUT2D eigenvalue weighted by Gasteiger charge is 2.29. The van der Waals surface area contributed by atoms with Gasteiger partial charge in [0.25, 0.3) is 5.91 Å². The van der Waals surface area contributed by atoms with Gasteiger partial charge in [0.2, 0.25) is 5.91 Å². The summed E-state index contributed by atoms with van der Waals surface area (Å²) in [7, 11) is 1.43. The molecule has 1 saturated heterocycles. The van der Waals surface area contributed by atoms with Crippen molar-refractivity contribution >= 4 is 11.8 Å². The highest BCUT2D eigenvalue weighted by atomic mass is 16.5. The van der Waals surface area contributed by atoms with Crippen molar-refractivity contribution in [3.05, 3.63) is 23.8 Å². The van der Waals surface area contributed by atoms with Crippen molar-refractivity contribution in [1.82, 2.24) is 19.8 Å². The van der Waals surface area contributed by atoms with Gasteiger partial charge >= 0.3 is 0 Å². The summed E-state index contributed by atoms with van der Waals surface area (Å²) >= 11 is 0. The molecule has 2 amide bonds. The molecule has 0 radical (unpaired) electrons. The molecule has 0 unspecified atom stereocenters. The Bertz CT molecular complexity index is 702. The molecule has 174 valence electrons. The monoisotopic (exact) mass is 438 g/mol. The van der Waals surface area contributed by atoms with Crippen molar-refractivity contribution < 1.29 is 29.3 Å². The molecule has 0 saturated carbocycles. The predicted octanol–water partition coefficient (Wildman–Crippen LogP) is 0.0130. The summed E-state index contributed by atoms with van der Waals surface area (Å²) in [4.78, 5) is 36.7. The van der Waals surface area contributed by atoms with E-state index in [2.05, 4.69) is 9.97 Å². The average molecular weight is 439 g/mol. The van der Waals surface area contributed by atoms with E-state index in [1.54, 1.807) is 16.0 Å². The van der Waals surface area contributed by atoms with Gasteiger partial charge in [0, 0.05) is 53.0 Å². The molecule has 0 spiro atoms. The summed E-state index contributed by atoms with van der Waals surface area (Å²) in [5.41, 5.74) is 1.02. The first-order valence-corrected chi connectivity index (χ1v) is 10.6. The molecule has 2 N–H and O–H groups in total. The molecular weight excluding hydrogens is 404 g/mol. The third-order valence-electron chi connectivity index (χ3n) is 5.32. The van der Waals surface area contributed by atoms with Crippen LogP contribution in [0.2, 0.25) is 0 Å². The van der Waals surface area contributed by atoms with Crippen molar-refractivity contribution in [3.63, 3.8) is 0 Å². The second-order valence-corrected chi connectivity index (χ2v) is 7.77. The van der Waals surface area contributed by atoms with Crippen LogP contribution >= 0.6 is 0 Å². The Morgan fingerprint density at radius 1 is 1.10 bits per heavy atom. The lowest BCUT2D eigenvalue weighted by molar-refractivity contribution is -0.136. The number of hydrogen-bond acceptors (Lipinski definition) is 8. The Kier molecular flexibility index (Phi) is 10.3. The highest BCUT2D eigenvalue weighted by molar-refractivity contribution is 5.92. The molecule has 1 fully saturated rings. The summed E-state index contributed by atoms with van der Waals surface area (Å²) in [5.74, 6) is -0.376. The van der Waals surface area contributed by atoms with Crippen LogP contribution in [0.25, 0.3) is 0 Å². The summed E-state index contributed by atoms with van der Waals surface area (Å²) in [6, 6.07) is 0. The van der Waals surface area contributed by atoms with Crippen molar-refractivity contribution in [2.45, 2.75) is 51.4 Å². The molecule has 31 heavy (non-hydrogen) atoms. The maximum atomic E-state index is 12.9. The van der Waals surface area contributed by atoms with Gasteiger partial charge in [-0.25, -0.2) is 4.98 Å². The van der Waals surface area contributed by atoms with Gasteiger partial charge in [-0.2, -0.15) is 0 Å². The van der Waals surface area contributed by atoms with Crippen molar-refractivity contribution in [1.29, 1.82) is 0 Å². The number of carbonyl (C=O) groups is 2. The first-order chi connectivity index (χ1) is 14.8. The highest BCUT2D eigenvalue weighted by Crippen LogP contribution is 2.11. The van der Waals surface area contributed by atoms with Crippen LogP contribution in [0.4, 0.5) is 0 Å². The summed E-state index contributed by atoms with van der Waals surface area (Å²) in [6.07, 6.45) is 1.93. The third kappa shape index (κ3) is 7.80. The van der Waals surface area contributed by atoms with Gasteiger partial charge in [-0.15, -0.1) is 0 Å². The third-order valence-corrected chi connectivity index (χ3v) is 5.32. The Morgan fingerprint density at radius 3 is 2.45 bits per heavy atom. The Labute approximate surface area is 183 Å². The largest absolute Gasteiger partial charge is 0.388 e. The maximum Gasteiger partial charge on any atom is 0.274 e. The summed E-state index contributed by atoms with van der Waals surface area (Å²) in [6.45, 7) is 5.08. The molecule has 0 bridgehead atoms. The van der Waals surface area contributed by atoms with Crippen LogP contribution in [-0.2, 0) is 14.3 Å². The summed E-state index contributed by atoms with van der Waals surface area (Å²) < 4.78 is 10.8. The zero-order valence-corrected chi connectivity index (χ0v) is 18.6. The van der Waals surface area contributed by atoms with Crippen molar-refractivity contribution in [2.24, 2.45) is 0 Å². The van der Waals surface area contributed by atoms with Gasteiger partial charge in [-0.05, 0) is 26.2 Å². The first kappa shape index (κ1) is 25.1. The minimum atomic E-state index is -1.19. The molecule has 10 heteroatoms. The van der Waals surface area contributed by atoms with Gasteiger partial charge in [0.1, 0.15) is 24.0 Å². The second kappa shape index (κ2) is 12.7. The number of aryl methyl sites for hydroxylation is 1. The van der Waals surface area contributed by atoms with Gasteiger partial charge in [-0.3, -0.25) is 14.6 Å². The minimum Gasteiger partial charge on any atom is -0.388 e. The number of amides is 2. The molecule has 1 aromatic heterocycles. The number of carbonyl (C=O) groups excluding carboxylic acids is 2. The molecule has 3 atom stereocenters. The van der Waals surface area contributed by atoms with Crippen LogP contribution in [0.3, 0.4) is 0 Å². The van der Waals surface area contributed by atoms with Crippen molar-refractivity contribution in [3.8, 4) is 0 Å². The number of hydrogen-bond donors (Lipinski definition) is 2. The van der Waals surface area contributed by atoms with E-state index in [4.69, 9.17) is 9.47 Å². The van der Waals surface area contributed by atoms with E-state index in [-0.39, 0.29) is 30.7 Å². The number of ether oxygens (including phenoxy) is 2. The number of aliphatic hydroxyl groups is 2. The molecule has 0 aromatic carbocycles. The van der Waals surface area contributed by atoms with Crippen LogP contribution < -0.4 is 0 Å². The quantitative estimate of drug-likeness (QED) is 0.662. The zero-order chi connectivity index (χ0) is 22.8. The molecular formula is C21H34N4O6. The predicted molar refractivity (Wildman–Crippen MR) is 112 cm³/mol. The van der Waals surface area contributed by atoms with Crippen LogP contribution in [0.1, 0.15) is 42.4 Å². The Balaban J connectivity index is 2.12. The fourth-order valence-electron chi connectivity index (χ4n) is 3.41. The molecule has 2 rings (SSSR count). The smallest absolute Gasteiger partial charge is 0.274 e. The molecule has 2 heterocycles. The fourth-order valence-corrected chi connectivity index (χ4v) is 3.41. The van der Waals surface area contributed by atoms with Gasteiger partial charge in [0.05, 0.1) is 18.5 Å². The number of rotatable bonds is 2. The van der Waals surface area contributed by atoms with Gasteiger partial charge < -0.3 is 29.5 Å². The minimum absolute atomic E-state index is 0.0390. The topological polar surface area (TPSA) is 125 Å². The SMILES string of the molecule is CO[C@H]1CN(C(C)=O)CCCN(C(=O)c2cnc(C)cn2)CCCCOC[C@H](O)[C@@H]1O. The molecule has 1 aliphatic rings. The van der Waals surface area contributed by atoms with Gasteiger partial charge in [0.15, 0.2) is 0 Å². The van der Waals surface area contributed by atoms with E-state index in [1.165, 1.54) is 20.2 Å². The van der Waals surface area contributed by atoms with E-state index in [0.29, 0.717) is 45.5 Å². The van der Waals surface area contributed by atoms with E-state index in [9.17, 15) is 19.8 Å². The van der Waals surface area contributed by atoms with E-state index >= 15 is 0 Å². The number of aliphatic hydroxyl groups excluding tert-OH is 2. The summed E-state index contributed by atoms with van der Waals surface area (Å²) in [5, 5.41) is 20.6. The van der Waals surface area contributed by atoms with E-state index < -0.39 is 18.3 Å². The van der Waals surface area contributed by atoms with Crippen LogP contribution in [0, 0.1) is 6.92 Å². The first-order valence-electron chi connectivity index (χ1n) is 10.6. The average Bonchev–Trinajstić information content (AvgIpc) is 2.76. The van der Waals surface area contributed by atoms with Crippen LogP contribution in [0.5, 0.6) is 0 Å². The molecule has 10 nitrogen and oxygen atoms in total. The Hall–Kier alpha value is -2.14. The second-order valence-electron chi connectivity index (χ2n) is 7.77. The number of aromatic nitrogens is 2. The zero-order valence-electron chi connectivity index (χ0n) is 18.6. The lowest BCUT2D eigenvalue weighted by atomic mass is 10.1. The van der Waals surface area contributed by atoms with Crippen LogP contribution in [0.15, 0.2) is 12.4 Å². The molecule has 1 aliphatic heterocycles. The van der Waals surface area contributed by atoms with Crippen molar-refractivity contribution in [2.75, 3.05) is 46.5 Å². The molecule has 0 aliphatic carbocycles. The lowest BCUT2D eigenvalue weighted by Gasteiger charge is -2.31. The lowest BCUT2D eigenvalue weighted by Crippen LogP contribution is -2.48. The normalized spacial score (nSPS) is 24.9. The number of methoxy groups -OCH3 is 1. The molecule has 1 aromatic rings. The number of nitrogens with zero attached hydrogens (tertiary/aromatic N) is 4. The standard InChI is InChI=1S/C21H34N4O6/c1-15-11-23-17(12-22-15)21(29)24-7-4-5-10-31-14-18(27)20(28)19(30-3)13-25(16(2)26)9-6-8-24/h11-12,18-20,27-28H,4-10,13-14H2,1-3H3/t18-,19-,20-/m0/s1. The maximum absolute atomic E-state index is 12.9. The fraction of sp³-hybridized carbons (Fsp3) is 0.714. The van der Waals surface area contributed by atoms with Crippen LogP contribution in [-0.4, -0.2) is 107 Å². The van der Waals surface area contributed by atoms with Gasteiger partial charge in [-0.1, -0.05) is 0 Å². The van der Waals surface area contributed by atoms with E-state index in [0.717, 1.165) is 5.69 Å². The van der Waals surface area contributed by atoms with E-state index in [1.807, 2.05) is 6.92 Å². The Morgan fingerprint density at radius 2 is 1.81 bits per heavy atom.